The van der Waals surface area contributed by atoms with Gasteiger partial charge in [-0.05, 0) is 53.4 Å². The molecular formula is C22H20BrN3O2. The summed E-state index contributed by atoms with van der Waals surface area (Å²) in [5.74, 6) is -0.0449. The van der Waals surface area contributed by atoms with Crippen molar-refractivity contribution >= 4 is 33.4 Å². The van der Waals surface area contributed by atoms with E-state index in [1.165, 1.54) is 0 Å². The van der Waals surface area contributed by atoms with Crippen molar-refractivity contribution in [2.75, 3.05) is 5.32 Å². The molecule has 142 valence electrons. The summed E-state index contributed by atoms with van der Waals surface area (Å²) in [6.45, 7) is 1.89. The fourth-order valence-corrected chi connectivity index (χ4v) is 4.13. The average Bonchev–Trinajstić information content (AvgIpc) is 2.69. The van der Waals surface area contributed by atoms with Crippen molar-refractivity contribution in [3.8, 4) is 0 Å². The number of carbonyl (C=O) groups excluding carboxylic acids is 2. The monoisotopic (exact) mass is 437 g/mol. The van der Waals surface area contributed by atoms with E-state index in [1.807, 2.05) is 43.3 Å². The number of carbonyl (C=O) groups is 2. The van der Waals surface area contributed by atoms with Crippen LogP contribution in [0.25, 0.3) is 0 Å². The number of Topliss-reactive ketones (excluding diaryl/α,β-unsaturated/α-hetero) is 1. The third-order valence-electron chi connectivity index (χ3n) is 5.12. The van der Waals surface area contributed by atoms with E-state index in [4.69, 9.17) is 0 Å². The predicted octanol–water partition coefficient (Wildman–Crippen LogP) is 4.45. The highest BCUT2D eigenvalue weighted by atomic mass is 79.9. The van der Waals surface area contributed by atoms with Crippen molar-refractivity contribution in [2.45, 2.75) is 32.1 Å². The van der Waals surface area contributed by atoms with Crippen LogP contribution in [-0.4, -0.2) is 16.7 Å². The molecule has 1 amide bonds. The zero-order valence-electron chi connectivity index (χ0n) is 15.5. The molecule has 2 heterocycles. The Kier molecular flexibility index (Phi) is 5.13. The molecule has 0 saturated carbocycles. The molecule has 0 saturated heterocycles. The Morgan fingerprint density at radius 3 is 2.68 bits per heavy atom. The lowest BCUT2D eigenvalue weighted by Gasteiger charge is -2.34. The van der Waals surface area contributed by atoms with Crippen LogP contribution in [0.15, 0.2) is 75.7 Å². The van der Waals surface area contributed by atoms with E-state index in [0.717, 1.165) is 39.8 Å². The Labute approximate surface area is 172 Å². The van der Waals surface area contributed by atoms with Crippen LogP contribution in [0, 0.1) is 0 Å². The molecule has 1 aliphatic carbocycles. The van der Waals surface area contributed by atoms with Crippen molar-refractivity contribution in [3.63, 3.8) is 0 Å². The number of halogens is 1. The number of amides is 1. The number of benzene rings is 1. The van der Waals surface area contributed by atoms with Crippen molar-refractivity contribution in [2.24, 2.45) is 0 Å². The number of pyridine rings is 1. The molecule has 0 radical (unpaired) electrons. The van der Waals surface area contributed by atoms with E-state index < -0.39 is 0 Å². The van der Waals surface area contributed by atoms with Crippen LogP contribution in [0.4, 0.5) is 5.82 Å². The van der Waals surface area contributed by atoms with E-state index in [2.05, 4.69) is 31.5 Å². The van der Waals surface area contributed by atoms with Crippen molar-refractivity contribution in [1.82, 2.24) is 10.3 Å². The minimum absolute atomic E-state index is 0.113. The van der Waals surface area contributed by atoms with Crippen LogP contribution in [0.3, 0.4) is 0 Å². The maximum atomic E-state index is 13.2. The first kappa shape index (κ1) is 18.6. The number of nitrogens with zero attached hydrogens (tertiary/aromatic N) is 1. The molecule has 6 heteroatoms. The largest absolute Gasteiger partial charge is 0.362 e. The fraction of sp³-hybridized carbons (Fsp3) is 0.227. The maximum Gasteiger partial charge on any atom is 0.255 e. The van der Waals surface area contributed by atoms with Gasteiger partial charge in [0.25, 0.3) is 5.91 Å². The predicted molar refractivity (Wildman–Crippen MR) is 111 cm³/mol. The lowest BCUT2D eigenvalue weighted by atomic mass is 9.75. The van der Waals surface area contributed by atoms with Crippen LogP contribution < -0.4 is 10.6 Å². The number of nitrogens with one attached hydrogen (secondary N) is 2. The lowest BCUT2D eigenvalue weighted by Crippen LogP contribution is -2.35. The molecular weight excluding hydrogens is 418 g/mol. The Bertz CT molecular complexity index is 994. The second-order valence-corrected chi connectivity index (χ2v) is 7.91. The number of hydrogen-bond donors (Lipinski definition) is 2. The second-order valence-electron chi connectivity index (χ2n) is 6.99. The summed E-state index contributed by atoms with van der Waals surface area (Å²) in [4.78, 5) is 30.3. The molecule has 2 N–H and O–H groups in total. The van der Waals surface area contributed by atoms with Crippen molar-refractivity contribution in [3.05, 3.63) is 81.2 Å². The molecule has 28 heavy (non-hydrogen) atoms. The van der Waals surface area contributed by atoms with Crippen LogP contribution in [0.5, 0.6) is 0 Å². The van der Waals surface area contributed by atoms with Gasteiger partial charge in [-0.1, -0.05) is 30.3 Å². The van der Waals surface area contributed by atoms with Gasteiger partial charge in [-0.3, -0.25) is 9.59 Å². The molecule has 2 aromatic rings. The minimum atomic E-state index is -0.374. The van der Waals surface area contributed by atoms with Crippen LogP contribution in [0.2, 0.25) is 0 Å². The summed E-state index contributed by atoms with van der Waals surface area (Å²) in [7, 11) is 0. The van der Waals surface area contributed by atoms with Gasteiger partial charge in [0.15, 0.2) is 5.78 Å². The standard InChI is InChI=1S/C22H20BrN3O2/c1-13-19(22(28)26-18-11-10-15(23)12-24-18)20(14-6-3-2-4-7-14)21-16(25-13)8-5-9-17(21)27/h2-4,6-7,10-12,20,25H,5,8-9H2,1H3,(H,24,26,28)/t20-/m1/s1. The Balaban J connectivity index is 1.76. The van der Waals surface area contributed by atoms with Crippen LogP contribution >= 0.6 is 15.9 Å². The summed E-state index contributed by atoms with van der Waals surface area (Å²) in [6.07, 6.45) is 3.82. The summed E-state index contributed by atoms with van der Waals surface area (Å²) in [5.41, 5.74) is 3.94. The van der Waals surface area contributed by atoms with Crippen molar-refractivity contribution in [1.29, 1.82) is 0 Å². The van der Waals surface area contributed by atoms with E-state index >= 15 is 0 Å². The summed E-state index contributed by atoms with van der Waals surface area (Å²) in [5, 5.41) is 6.20. The van der Waals surface area contributed by atoms with Gasteiger partial charge in [-0.25, -0.2) is 4.98 Å². The second kappa shape index (κ2) is 7.72. The Hall–Kier alpha value is -2.73. The first-order valence-corrected chi connectivity index (χ1v) is 10.1. The minimum Gasteiger partial charge on any atom is -0.362 e. The maximum absolute atomic E-state index is 13.2. The number of dihydropyridines is 1. The highest BCUT2D eigenvalue weighted by Gasteiger charge is 2.38. The molecule has 5 nitrogen and oxygen atoms in total. The molecule has 1 aliphatic heterocycles. The van der Waals surface area contributed by atoms with Gasteiger partial charge in [0, 0.05) is 45.5 Å². The number of anilines is 1. The van der Waals surface area contributed by atoms with Crippen LogP contribution in [-0.2, 0) is 9.59 Å². The number of aromatic nitrogens is 1. The van der Waals surface area contributed by atoms with Gasteiger partial charge < -0.3 is 10.6 Å². The molecule has 4 rings (SSSR count). The van der Waals surface area contributed by atoms with Gasteiger partial charge in [0.2, 0.25) is 0 Å². The van der Waals surface area contributed by atoms with Crippen molar-refractivity contribution < 1.29 is 9.59 Å². The molecule has 2 aliphatic rings. The van der Waals surface area contributed by atoms with E-state index in [9.17, 15) is 9.59 Å². The highest BCUT2D eigenvalue weighted by Crippen LogP contribution is 2.42. The third-order valence-corrected chi connectivity index (χ3v) is 5.59. The average molecular weight is 438 g/mol. The first-order valence-electron chi connectivity index (χ1n) is 9.26. The molecule has 0 spiro atoms. The van der Waals surface area contributed by atoms with E-state index in [-0.39, 0.29) is 17.6 Å². The van der Waals surface area contributed by atoms with Gasteiger partial charge in [0.05, 0.1) is 0 Å². The van der Waals surface area contributed by atoms with Crippen LogP contribution in [0.1, 0.15) is 37.7 Å². The SMILES string of the molecule is CC1=C(C(=O)Nc2ccc(Br)cn2)[C@@H](c2ccccc2)C2=C(CCCC2=O)N1. The summed E-state index contributed by atoms with van der Waals surface area (Å²) >= 11 is 3.34. The zero-order valence-corrected chi connectivity index (χ0v) is 17.0. The number of ketones is 1. The van der Waals surface area contributed by atoms with Gasteiger partial charge in [0.1, 0.15) is 5.82 Å². The normalized spacial score (nSPS) is 19.2. The molecule has 1 aromatic heterocycles. The quantitative estimate of drug-likeness (QED) is 0.743. The highest BCUT2D eigenvalue weighted by molar-refractivity contribution is 9.10. The Morgan fingerprint density at radius 2 is 1.96 bits per heavy atom. The van der Waals surface area contributed by atoms with Gasteiger partial charge in [-0.15, -0.1) is 0 Å². The van der Waals surface area contributed by atoms with E-state index in [1.54, 1.807) is 12.3 Å². The summed E-state index contributed by atoms with van der Waals surface area (Å²) in [6, 6.07) is 13.3. The summed E-state index contributed by atoms with van der Waals surface area (Å²) < 4.78 is 0.838. The topological polar surface area (TPSA) is 71.1 Å². The van der Waals surface area contributed by atoms with Gasteiger partial charge >= 0.3 is 0 Å². The number of rotatable bonds is 3. The lowest BCUT2D eigenvalue weighted by molar-refractivity contribution is -0.116. The third kappa shape index (κ3) is 3.52. The Morgan fingerprint density at radius 1 is 1.18 bits per heavy atom. The number of hydrogen-bond acceptors (Lipinski definition) is 4. The first-order chi connectivity index (χ1) is 13.5. The number of allylic oxidation sites excluding steroid dienone is 3. The molecule has 1 atom stereocenters. The molecule has 0 bridgehead atoms. The van der Waals surface area contributed by atoms with Gasteiger partial charge in [-0.2, -0.15) is 0 Å². The smallest absolute Gasteiger partial charge is 0.255 e. The zero-order chi connectivity index (χ0) is 19.7. The molecule has 1 aromatic carbocycles. The molecule has 0 unspecified atom stereocenters. The fourth-order valence-electron chi connectivity index (χ4n) is 3.90. The van der Waals surface area contributed by atoms with E-state index in [0.29, 0.717) is 17.8 Å². The molecule has 0 fully saturated rings.